The Morgan fingerprint density at radius 1 is 1.05 bits per heavy atom. The van der Waals surface area contributed by atoms with E-state index in [1.807, 2.05) is 50.4 Å². The van der Waals surface area contributed by atoms with Gasteiger partial charge >= 0.3 is 0 Å². The van der Waals surface area contributed by atoms with Crippen LogP contribution in [-0.2, 0) is 6.54 Å². The molecule has 0 fully saturated rings. The van der Waals surface area contributed by atoms with Gasteiger partial charge in [0.15, 0.2) is 0 Å². The summed E-state index contributed by atoms with van der Waals surface area (Å²) in [5, 5.41) is 3.80. The average Bonchev–Trinajstić information content (AvgIpc) is 2.48. The second kappa shape index (κ2) is 7.91. The summed E-state index contributed by atoms with van der Waals surface area (Å²) in [5.41, 5.74) is 2.26. The molecule has 2 rings (SSSR count). The molecule has 0 spiro atoms. The van der Waals surface area contributed by atoms with Gasteiger partial charge < -0.3 is 14.8 Å². The summed E-state index contributed by atoms with van der Waals surface area (Å²) in [6.07, 6.45) is 0. The highest BCUT2D eigenvalue weighted by molar-refractivity contribution is 6.30. The third-order valence-electron chi connectivity index (χ3n) is 3.04. The SMILES string of the molecule is CNCc1cccc(OCCOc2cc(Cl)ccc2C)c1. The fraction of sp³-hybridized carbons (Fsp3) is 0.294. The Morgan fingerprint density at radius 2 is 1.86 bits per heavy atom. The minimum absolute atomic E-state index is 0.484. The van der Waals surface area contributed by atoms with Gasteiger partial charge in [-0.3, -0.25) is 0 Å². The van der Waals surface area contributed by atoms with Crippen molar-refractivity contribution in [2.75, 3.05) is 20.3 Å². The molecule has 0 saturated heterocycles. The molecule has 0 heterocycles. The van der Waals surface area contributed by atoms with Crippen LogP contribution < -0.4 is 14.8 Å². The van der Waals surface area contributed by atoms with E-state index >= 15 is 0 Å². The van der Waals surface area contributed by atoms with Crippen LogP contribution in [0.5, 0.6) is 11.5 Å². The van der Waals surface area contributed by atoms with Crippen molar-refractivity contribution in [3.8, 4) is 11.5 Å². The lowest BCUT2D eigenvalue weighted by atomic mass is 10.2. The molecule has 3 nitrogen and oxygen atoms in total. The van der Waals surface area contributed by atoms with E-state index in [1.165, 1.54) is 5.56 Å². The third kappa shape index (κ3) is 4.96. The molecule has 2 aromatic carbocycles. The first-order chi connectivity index (χ1) is 10.2. The third-order valence-corrected chi connectivity index (χ3v) is 3.27. The van der Waals surface area contributed by atoms with Crippen molar-refractivity contribution < 1.29 is 9.47 Å². The van der Waals surface area contributed by atoms with Gasteiger partial charge in [-0.2, -0.15) is 0 Å². The molecule has 0 atom stereocenters. The number of hydrogen-bond donors (Lipinski definition) is 1. The maximum absolute atomic E-state index is 5.96. The topological polar surface area (TPSA) is 30.5 Å². The lowest BCUT2D eigenvalue weighted by Crippen LogP contribution is -2.10. The first-order valence-corrected chi connectivity index (χ1v) is 7.32. The van der Waals surface area contributed by atoms with E-state index in [4.69, 9.17) is 21.1 Å². The molecule has 0 radical (unpaired) electrons. The molecule has 1 N–H and O–H groups in total. The van der Waals surface area contributed by atoms with Gasteiger partial charge in [0.2, 0.25) is 0 Å². The molecular weight excluding hydrogens is 286 g/mol. The van der Waals surface area contributed by atoms with E-state index in [-0.39, 0.29) is 0 Å². The van der Waals surface area contributed by atoms with E-state index in [9.17, 15) is 0 Å². The fourth-order valence-electron chi connectivity index (χ4n) is 1.99. The van der Waals surface area contributed by atoms with Crippen LogP contribution in [0, 0.1) is 6.92 Å². The summed E-state index contributed by atoms with van der Waals surface area (Å²) in [5.74, 6) is 1.66. The molecule has 0 bridgehead atoms. The number of hydrogen-bond acceptors (Lipinski definition) is 3. The van der Waals surface area contributed by atoms with Gasteiger partial charge in [-0.15, -0.1) is 0 Å². The van der Waals surface area contributed by atoms with E-state index in [1.54, 1.807) is 0 Å². The molecule has 0 aliphatic rings. The Kier molecular flexibility index (Phi) is 5.90. The molecule has 2 aromatic rings. The predicted octanol–water partition coefficient (Wildman–Crippen LogP) is 3.83. The Hall–Kier alpha value is -1.71. The Labute approximate surface area is 130 Å². The molecule has 0 aromatic heterocycles. The minimum atomic E-state index is 0.484. The maximum atomic E-state index is 5.96. The zero-order valence-corrected chi connectivity index (χ0v) is 13.1. The molecule has 0 unspecified atom stereocenters. The van der Waals surface area contributed by atoms with Crippen LogP contribution >= 0.6 is 11.6 Å². The van der Waals surface area contributed by atoms with E-state index < -0.39 is 0 Å². The number of ether oxygens (including phenoxy) is 2. The quantitative estimate of drug-likeness (QED) is 0.789. The van der Waals surface area contributed by atoms with E-state index in [0.29, 0.717) is 18.2 Å². The van der Waals surface area contributed by atoms with Crippen molar-refractivity contribution in [3.63, 3.8) is 0 Å². The first kappa shape index (κ1) is 15.7. The summed E-state index contributed by atoms with van der Waals surface area (Å²) in [7, 11) is 1.93. The summed E-state index contributed by atoms with van der Waals surface area (Å²) < 4.78 is 11.4. The van der Waals surface area contributed by atoms with Gasteiger partial charge in [0.25, 0.3) is 0 Å². The largest absolute Gasteiger partial charge is 0.490 e. The van der Waals surface area contributed by atoms with Crippen molar-refractivity contribution in [2.24, 2.45) is 0 Å². The van der Waals surface area contributed by atoms with Gasteiger partial charge in [0.05, 0.1) is 0 Å². The summed E-state index contributed by atoms with van der Waals surface area (Å²) >= 11 is 5.96. The number of aryl methyl sites for hydroxylation is 1. The number of benzene rings is 2. The van der Waals surface area contributed by atoms with Gasteiger partial charge in [-0.05, 0) is 49.4 Å². The van der Waals surface area contributed by atoms with Crippen LogP contribution in [0.2, 0.25) is 5.02 Å². The molecule has 21 heavy (non-hydrogen) atoms. The fourth-order valence-corrected chi connectivity index (χ4v) is 2.15. The highest BCUT2D eigenvalue weighted by Crippen LogP contribution is 2.22. The Balaban J connectivity index is 1.81. The normalized spacial score (nSPS) is 10.4. The summed E-state index contributed by atoms with van der Waals surface area (Å²) in [6, 6.07) is 13.7. The Morgan fingerprint density at radius 3 is 2.67 bits per heavy atom. The molecule has 0 aliphatic heterocycles. The van der Waals surface area contributed by atoms with Crippen molar-refractivity contribution in [1.82, 2.24) is 5.32 Å². The van der Waals surface area contributed by atoms with E-state index in [2.05, 4.69) is 11.4 Å². The molecule has 0 saturated carbocycles. The van der Waals surface area contributed by atoms with Crippen LogP contribution in [0.1, 0.15) is 11.1 Å². The van der Waals surface area contributed by atoms with Gasteiger partial charge in [-0.25, -0.2) is 0 Å². The highest BCUT2D eigenvalue weighted by Gasteiger charge is 2.01. The van der Waals surface area contributed by atoms with Crippen molar-refractivity contribution in [1.29, 1.82) is 0 Å². The molecule has 0 aliphatic carbocycles. The van der Waals surface area contributed by atoms with Gasteiger partial charge in [-0.1, -0.05) is 29.8 Å². The maximum Gasteiger partial charge on any atom is 0.123 e. The van der Waals surface area contributed by atoms with Crippen LogP contribution in [0.4, 0.5) is 0 Å². The van der Waals surface area contributed by atoms with Gasteiger partial charge in [0.1, 0.15) is 24.7 Å². The van der Waals surface area contributed by atoms with Crippen molar-refractivity contribution in [2.45, 2.75) is 13.5 Å². The predicted molar refractivity (Wildman–Crippen MR) is 86.4 cm³/mol. The smallest absolute Gasteiger partial charge is 0.123 e. The second-order valence-corrected chi connectivity index (χ2v) is 5.22. The van der Waals surface area contributed by atoms with Crippen LogP contribution in [0.15, 0.2) is 42.5 Å². The number of halogens is 1. The lowest BCUT2D eigenvalue weighted by Gasteiger charge is -2.11. The number of nitrogens with one attached hydrogen (secondary N) is 1. The van der Waals surface area contributed by atoms with Crippen LogP contribution in [0.25, 0.3) is 0 Å². The molecule has 4 heteroatoms. The average molecular weight is 306 g/mol. The zero-order valence-electron chi connectivity index (χ0n) is 12.4. The summed E-state index contributed by atoms with van der Waals surface area (Å²) in [6.45, 7) is 3.80. The zero-order chi connectivity index (χ0) is 15.1. The number of rotatable bonds is 7. The van der Waals surface area contributed by atoms with Gasteiger partial charge in [0, 0.05) is 11.6 Å². The Bertz CT molecular complexity index is 587. The van der Waals surface area contributed by atoms with Crippen molar-refractivity contribution in [3.05, 3.63) is 58.6 Å². The molecular formula is C17H20ClNO2. The standard InChI is InChI=1S/C17H20ClNO2/c1-13-6-7-15(18)11-17(13)21-9-8-20-16-5-3-4-14(10-16)12-19-2/h3-7,10-11,19H,8-9,12H2,1-2H3. The van der Waals surface area contributed by atoms with E-state index in [0.717, 1.165) is 23.6 Å². The first-order valence-electron chi connectivity index (χ1n) is 6.94. The lowest BCUT2D eigenvalue weighted by molar-refractivity contribution is 0.216. The second-order valence-electron chi connectivity index (χ2n) is 4.78. The summed E-state index contributed by atoms with van der Waals surface area (Å²) in [4.78, 5) is 0. The van der Waals surface area contributed by atoms with Crippen LogP contribution in [-0.4, -0.2) is 20.3 Å². The molecule has 112 valence electrons. The van der Waals surface area contributed by atoms with Crippen molar-refractivity contribution >= 4 is 11.6 Å². The monoisotopic (exact) mass is 305 g/mol. The molecule has 0 amide bonds. The highest BCUT2D eigenvalue weighted by atomic mass is 35.5. The van der Waals surface area contributed by atoms with Crippen LogP contribution in [0.3, 0.4) is 0 Å². The minimum Gasteiger partial charge on any atom is -0.490 e.